The number of unbranched alkanes of at least 4 members (excludes halogenated alkanes) is 35. The number of carbonyl (C=O) groups excluding carboxylic acids is 3. The van der Waals surface area contributed by atoms with Crippen LogP contribution in [0.4, 0.5) is 0 Å². The molecule has 0 aliphatic carbocycles. The third kappa shape index (κ3) is 49.4. The number of carbonyl (C=O) groups is 3. The van der Waals surface area contributed by atoms with Crippen LogP contribution in [0, 0.1) is 11.8 Å². The predicted octanol–water partition coefficient (Wildman–Crippen LogP) is 18.1. The summed E-state index contributed by atoms with van der Waals surface area (Å²) in [6, 6.07) is 0. The molecule has 0 fully saturated rings. The molecule has 0 amide bonds. The van der Waals surface area contributed by atoms with Gasteiger partial charge in [0.15, 0.2) is 6.10 Å². The van der Waals surface area contributed by atoms with E-state index in [0.29, 0.717) is 19.3 Å². The van der Waals surface area contributed by atoms with Crippen LogP contribution in [0.1, 0.15) is 311 Å². The second-order valence-corrected chi connectivity index (χ2v) is 20.2. The van der Waals surface area contributed by atoms with Gasteiger partial charge in [0.05, 0.1) is 0 Å². The zero-order chi connectivity index (χ0) is 45.4. The molecule has 1 atom stereocenters. The van der Waals surface area contributed by atoms with Gasteiger partial charge in [0.2, 0.25) is 0 Å². The van der Waals surface area contributed by atoms with Gasteiger partial charge in [0.25, 0.3) is 0 Å². The second-order valence-electron chi connectivity index (χ2n) is 20.2. The van der Waals surface area contributed by atoms with E-state index in [1.54, 1.807) is 0 Å². The van der Waals surface area contributed by atoms with Crippen LogP contribution in [0.3, 0.4) is 0 Å². The van der Waals surface area contributed by atoms with Crippen molar-refractivity contribution in [1.82, 2.24) is 0 Å². The Balaban J connectivity index is 4.29. The summed E-state index contributed by atoms with van der Waals surface area (Å²) in [5.41, 5.74) is 0. The minimum atomic E-state index is -0.762. The van der Waals surface area contributed by atoms with Crippen LogP contribution in [0.5, 0.6) is 0 Å². The Labute approximate surface area is 387 Å². The van der Waals surface area contributed by atoms with Crippen molar-refractivity contribution in [3.8, 4) is 0 Å². The molecule has 0 aliphatic rings. The normalized spacial score (nSPS) is 12.0. The third-order valence-electron chi connectivity index (χ3n) is 12.7. The highest BCUT2D eigenvalue weighted by atomic mass is 16.6. The smallest absolute Gasteiger partial charge is 0.306 e. The van der Waals surface area contributed by atoms with Gasteiger partial charge < -0.3 is 14.2 Å². The van der Waals surface area contributed by atoms with Crippen molar-refractivity contribution in [3.63, 3.8) is 0 Å². The summed E-state index contributed by atoms with van der Waals surface area (Å²) >= 11 is 0. The molecule has 62 heavy (non-hydrogen) atoms. The van der Waals surface area contributed by atoms with E-state index in [-0.39, 0.29) is 31.1 Å². The van der Waals surface area contributed by atoms with Gasteiger partial charge in [0.1, 0.15) is 13.2 Å². The van der Waals surface area contributed by atoms with Crippen molar-refractivity contribution < 1.29 is 28.6 Å². The van der Waals surface area contributed by atoms with Crippen molar-refractivity contribution in [2.45, 2.75) is 317 Å². The number of hydrogen-bond donors (Lipinski definition) is 0. The maximum atomic E-state index is 12.8. The topological polar surface area (TPSA) is 78.9 Å². The quantitative estimate of drug-likeness (QED) is 0.0344. The summed E-state index contributed by atoms with van der Waals surface area (Å²) in [6.45, 7) is 11.4. The fraction of sp³-hybridized carbons (Fsp3) is 0.946. The van der Waals surface area contributed by atoms with Gasteiger partial charge in [-0.25, -0.2) is 0 Å². The van der Waals surface area contributed by atoms with Crippen molar-refractivity contribution in [3.05, 3.63) is 0 Å². The molecule has 0 saturated carbocycles. The maximum Gasteiger partial charge on any atom is 0.306 e. The predicted molar refractivity (Wildman–Crippen MR) is 266 cm³/mol. The molecule has 0 bridgehead atoms. The lowest BCUT2D eigenvalue weighted by molar-refractivity contribution is -0.167. The van der Waals surface area contributed by atoms with E-state index in [1.807, 2.05) is 0 Å². The SMILES string of the molecule is CCCCCCCCCCCCCCCCC(=O)OC[C@H](COC(=O)CCCCCCCCCCCCCCCCC(C)C)OC(=O)CCCCCCCCCCCCC(C)C. The highest BCUT2D eigenvalue weighted by molar-refractivity contribution is 5.71. The Morgan fingerprint density at radius 2 is 0.532 bits per heavy atom. The van der Waals surface area contributed by atoms with Gasteiger partial charge >= 0.3 is 17.9 Å². The number of ether oxygens (including phenoxy) is 3. The first kappa shape index (κ1) is 60.4. The Morgan fingerprint density at radius 1 is 0.306 bits per heavy atom. The fourth-order valence-electron chi connectivity index (χ4n) is 8.52. The van der Waals surface area contributed by atoms with Crippen molar-refractivity contribution in [2.24, 2.45) is 11.8 Å². The van der Waals surface area contributed by atoms with Crippen LogP contribution in [-0.4, -0.2) is 37.2 Å². The summed E-state index contributed by atoms with van der Waals surface area (Å²) in [4.78, 5) is 38.0. The molecule has 0 radical (unpaired) electrons. The number of esters is 3. The van der Waals surface area contributed by atoms with E-state index >= 15 is 0 Å². The van der Waals surface area contributed by atoms with Gasteiger partial charge in [-0.1, -0.05) is 272 Å². The monoisotopic (exact) mass is 877 g/mol. The van der Waals surface area contributed by atoms with E-state index < -0.39 is 6.10 Å². The van der Waals surface area contributed by atoms with Crippen LogP contribution in [0.15, 0.2) is 0 Å². The van der Waals surface area contributed by atoms with Gasteiger partial charge in [-0.15, -0.1) is 0 Å². The van der Waals surface area contributed by atoms with E-state index in [1.165, 1.54) is 199 Å². The lowest BCUT2D eigenvalue weighted by Gasteiger charge is -2.18. The maximum absolute atomic E-state index is 12.8. The summed E-state index contributed by atoms with van der Waals surface area (Å²) < 4.78 is 16.9. The number of hydrogen-bond acceptors (Lipinski definition) is 6. The Bertz CT molecular complexity index is 947. The summed E-state index contributed by atoms with van der Waals surface area (Å²) in [7, 11) is 0. The molecule has 0 unspecified atom stereocenters. The van der Waals surface area contributed by atoms with Crippen LogP contribution in [-0.2, 0) is 28.6 Å². The molecule has 0 aromatic rings. The molecule has 0 spiro atoms. The summed E-state index contributed by atoms with van der Waals surface area (Å²) in [5.74, 6) is 0.818. The average molecular weight is 877 g/mol. The average Bonchev–Trinajstić information content (AvgIpc) is 3.24. The first-order valence-electron chi connectivity index (χ1n) is 27.7. The molecule has 368 valence electrons. The molecule has 0 aromatic heterocycles. The summed E-state index contributed by atoms with van der Waals surface area (Å²) in [6.07, 6.45) is 50.9. The largest absolute Gasteiger partial charge is 0.462 e. The lowest BCUT2D eigenvalue weighted by atomic mass is 10.0. The first-order valence-corrected chi connectivity index (χ1v) is 27.7. The standard InChI is InChI=1S/C56H108O6/c1-6-7-8-9-10-11-12-13-17-20-26-31-36-41-46-54(57)60-49-53(62-56(59)48-43-38-33-28-23-22-25-30-35-40-45-52(4)5)50-61-55(58)47-42-37-32-27-21-18-15-14-16-19-24-29-34-39-44-51(2)3/h51-53H,6-50H2,1-5H3/t53-/m1/s1. The van der Waals surface area contributed by atoms with Gasteiger partial charge in [-0.05, 0) is 31.1 Å². The lowest BCUT2D eigenvalue weighted by Crippen LogP contribution is -2.30. The highest BCUT2D eigenvalue weighted by Gasteiger charge is 2.19. The molecular weight excluding hydrogens is 769 g/mol. The molecule has 6 heteroatoms. The molecule has 0 aromatic carbocycles. The molecule has 6 nitrogen and oxygen atoms in total. The Hall–Kier alpha value is -1.59. The molecule has 0 heterocycles. The number of rotatable bonds is 50. The van der Waals surface area contributed by atoms with E-state index in [2.05, 4.69) is 34.6 Å². The third-order valence-corrected chi connectivity index (χ3v) is 12.7. The zero-order valence-electron chi connectivity index (χ0n) is 42.5. The zero-order valence-corrected chi connectivity index (χ0v) is 42.5. The van der Waals surface area contributed by atoms with E-state index in [0.717, 1.165) is 69.6 Å². The van der Waals surface area contributed by atoms with E-state index in [4.69, 9.17) is 14.2 Å². The van der Waals surface area contributed by atoms with Gasteiger partial charge in [-0.2, -0.15) is 0 Å². The molecular formula is C56H108O6. The van der Waals surface area contributed by atoms with Gasteiger partial charge in [0, 0.05) is 19.3 Å². The van der Waals surface area contributed by atoms with Crippen LogP contribution in [0.25, 0.3) is 0 Å². The molecule has 0 N–H and O–H groups in total. The minimum Gasteiger partial charge on any atom is -0.462 e. The van der Waals surface area contributed by atoms with Crippen molar-refractivity contribution >= 4 is 17.9 Å². The van der Waals surface area contributed by atoms with Crippen molar-refractivity contribution in [1.29, 1.82) is 0 Å². The van der Waals surface area contributed by atoms with Crippen LogP contribution in [0.2, 0.25) is 0 Å². The fourth-order valence-corrected chi connectivity index (χ4v) is 8.52. The Morgan fingerprint density at radius 3 is 0.790 bits per heavy atom. The van der Waals surface area contributed by atoms with Crippen molar-refractivity contribution in [2.75, 3.05) is 13.2 Å². The Kier molecular flexibility index (Phi) is 47.6. The molecule has 0 rings (SSSR count). The highest BCUT2D eigenvalue weighted by Crippen LogP contribution is 2.18. The second kappa shape index (κ2) is 48.9. The van der Waals surface area contributed by atoms with Crippen LogP contribution < -0.4 is 0 Å². The summed E-state index contributed by atoms with van der Waals surface area (Å²) in [5, 5.41) is 0. The first-order chi connectivity index (χ1) is 30.2. The van der Waals surface area contributed by atoms with E-state index in [9.17, 15) is 14.4 Å². The molecule has 0 aliphatic heterocycles. The van der Waals surface area contributed by atoms with Gasteiger partial charge in [-0.3, -0.25) is 14.4 Å². The minimum absolute atomic E-state index is 0.0631. The molecule has 0 saturated heterocycles. The van der Waals surface area contributed by atoms with Crippen LogP contribution >= 0.6 is 0 Å².